The highest BCUT2D eigenvalue weighted by atomic mass is 19.1. The number of pyridine rings is 1. The lowest BCUT2D eigenvalue weighted by molar-refractivity contribution is -0.134. The van der Waals surface area contributed by atoms with E-state index in [4.69, 9.17) is 5.10 Å². The second-order valence-electron chi connectivity index (χ2n) is 18.1. The van der Waals surface area contributed by atoms with Crippen molar-refractivity contribution in [2.45, 2.75) is 109 Å². The van der Waals surface area contributed by atoms with Crippen molar-refractivity contribution >= 4 is 40.2 Å². The molecule has 1 atom stereocenters. The van der Waals surface area contributed by atoms with E-state index in [1.165, 1.54) is 50.3 Å². The quantitative estimate of drug-likeness (QED) is 0.153. The zero-order valence-electron chi connectivity index (χ0n) is 34.4. The van der Waals surface area contributed by atoms with Crippen molar-refractivity contribution in [1.29, 1.82) is 0 Å². The SMILES string of the molecule is Cc1cccc(C(=O)Nc2cc3cn(C4CCN(CCC5CCC6(CC5)CCN(C(=O)c5ccc(F)c(C7CCC(=O)NC7=O)c5)CC6)CC4)nc3cc2C(C)(C)O)n1. The number of anilines is 1. The van der Waals surface area contributed by atoms with E-state index in [1.807, 2.05) is 30.0 Å². The van der Waals surface area contributed by atoms with Gasteiger partial charge in [-0.15, -0.1) is 0 Å². The Labute approximate surface area is 344 Å². The summed E-state index contributed by atoms with van der Waals surface area (Å²) in [6.07, 6.45) is 12.4. The van der Waals surface area contributed by atoms with Crippen LogP contribution in [0.3, 0.4) is 0 Å². The molecular formula is C46H56FN7O5. The van der Waals surface area contributed by atoms with Gasteiger partial charge in [0.25, 0.3) is 11.8 Å². The van der Waals surface area contributed by atoms with Gasteiger partial charge in [0, 0.05) is 72.3 Å². The molecular weight excluding hydrogens is 750 g/mol. The van der Waals surface area contributed by atoms with Crippen LogP contribution in [0.15, 0.2) is 54.7 Å². The number of carbonyl (C=O) groups excluding carboxylic acids is 4. The molecule has 1 spiro atoms. The molecule has 59 heavy (non-hydrogen) atoms. The molecule has 4 fully saturated rings. The fourth-order valence-corrected chi connectivity index (χ4v) is 9.90. The number of hydrogen-bond donors (Lipinski definition) is 3. The molecule has 4 amide bonds. The predicted octanol–water partition coefficient (Wildman–Crippen LogP) is 7.02. The average molecular weight is 806 g/mol. The van der Waals surface area contributed by atoms with Crippen molar-refractivity contribution in [3.63, 3.8) is 0 Å². The van der Waals surface area contributed by atoms with Crippen molar-refractivity contribution in [3.8, 4) is 0 Å². The number of imide groups is 1. The van der Waals surface area contributed by atoms with Crippen molar-refractivity contribution < 1.29 is 28.7 Å². The van der Waals surface area contributed by atoms with Crippen molar-refractivity contribution in [1.82, 2.24) is 29.9 Å². The number of carbonyl (C=O) groups is 4. The Morgan fingerprint density at radius 1 is 0.966 bits per heavy atom. The van der Waals surface area contributed by atoms with E-state index < -0.39 is 23.2 Å². The first-order valence-electron chi connectivity index (χ1n) is 21.4. The Morgan fingerprint density at radius 2 is 1.71 bits per heavy atom. The standard InChI is InChI=1S/C46H56FN7O5/c1-29-5-4-6-38(48-29)43(57)49-40-26-32-28-54(51-39(32)27-36(40)45(2,3)59)33-14-21-52(22-15-33)20-13-30-11-16-46(17-12-30)18-23-53(24-19-46)44(58)31-7-9-37(47)35(25-31)34-8-10-41(55)50-42(34)56/h4-7,9,25-28,30,33-34,59H,8,10-24H2,1-3H3,(H,49,57)(H,50,55,56). The lowest BCUT2D eigenvalue weighted by Gasteiger charge is -2.46. The molecule has 312 valence electrons. The molecule has 0 radical (unpaired) electrons. The van der Waals surface area contributed by atoms with Crippen LogP contribution in [0.5, 0.6) is 0 Å². The van der Waals surface area contributed by atoms with Crippen molar-refractivity contribution in [2.24, 2.45) is 11.3 Å². The summed E-state index contributed by atoms with van der Waals surface area (Å²) in [5, 5.41) is 22.2. The third-order valence-corrected chi connectivity index (χ3v) is 13.6. The highest BCUT2D eigenvalue weighted by Crippen LogP contribution is 2.47. The number of halogens is 1. The zero-order chi connectivity index (χ0) is 41.5. The monoisotopic (exact) mass is 805 g/mol. The Bertz CT molecular complexity index is 2240. The van der Waals surface area contributed by atoms with Crippen molar-refractivity contribution in [2.75, 3.05) is 38.0 Å². The maximum Gasteiger partial charge on any atom is 0.274 e. The summed E-state index contributed by atoms with van der Waals surface area (Å²) in [6.45, 7) is 9.76. The molecule has 3 saturated heterocycles. The normalized spacial score (nSPS) is 20.9. The number of aryl methyl sites for hydroxylation is 1. The van der Waals surface area contributed by atoms with Crippen LogP contribution in [0.1, 0.15) is 134 Å². The minimum Gasteiger partial charge on any atom is -0.386 e. The minimum atomic E-state index is -1.19. The van der Waals surface area contributed by atoms with Gasteiger partial charge < -0.3 is 20.2 Å². The number of aliphatic hydroxyl groups is 1. The average Bonchev–Trinajstić information content (AvgIpc) is 3.64. The number of amides is 4. The van der Waals surface area contributed by atoms with Crippen LogP contribution in [0.2, 0.25) is 0 Å². The van der Waals surface area contributed by atoms with E-state index in [-0.39, 0.29) is 47.6 Å². The van der Waals surface area contributed by atoms with E-state index in [2.05, 4.69) is 31.4 Å². The number of benzene rings is 2. The third kappa shape index (κ3) is 8.96. The van der Waals surface area contributed by atoms with Crippen LogP contribution in [0, 0.1) is 24.1 Å². The van der Waals surface area contributed by atoms with Gasteiger partial charge in [0.15, 0.2) is 0 Å². The topological polar surface area (TPSA) is 150 Å². The molecule has 5 heterocycles. The minimum absolute atomic E-state index is 0.127. The number of piperidine rings is 3. The van der Waals surface area contributed by atoms with Gasteiger partial charge in [-0.2, -0.15) is 5.10 Å². The van der Waals surface area contributed by atoms with Crippen LogP contribution >= 0.6 is 0 Å². The van der Waals surface area contributed by atoms with Crippen LogP contribution in [-0.4, -0.2) is 86.0 Å². The summed E-state index contributed by atoms with van der Waals surface area (Å²) < 4.78 is 16.9. The zero-order valence-corrected chi connectivity index (χ0v) is 34.4. The fourth-order valence-electron chi connectivity index (χ4n) is 9.90. The Morgan fingerprint density at radius 3 is 2.41 bits per heavy atom. The molecule has 1 unspecified atom stereocenters. The first-order chi connectivity index (χ1) is 28.2. The maximum atomic E-state index is 14.8. The first-order valence-corrected chi connectivity index (χ1v) is 21.4. The number of aromatic nitrogens is 3. The van der Waals surface area contributed by atoms with Gasteiger partial charge in [0.2, 0.25) is 11.8 Å². The summed E-state index contributed by atoms with van der Waals surface area (Å²) in [6, 6.07) is 13.7. The molecule has 13 heteroatoms. The van der Waals surface area contributed by atoms with Crippen LogP contribution < -0.4 is 10.6 Å². The van der Waals surface area contributed by atoms with E-state index in [9.17, 15) is 28.7 Å². The summed E-state index contributed by atoms with van der Waals surface area (Å²) in [7, 11) is 0. The molecule has 2 aromatic carbocycles. The number of nitrogens with one attached hydrogen (secondary N) is 2. The third-order valence-electron chi connectivity index (χ3n) is 13.6. The van der Waals surface area contributed by atoms with Gasteiger partial charge in [-0.25, -0.2) is 9.37 Å². The molecule has 4 aliphatic rings. The van der Waals surface area contributed by atoms with Crippen LogP contribution in [-0.2, 0) is 15.2 Å². The Balaban J connectivity index is 0.798. The van der Waals surface area contributed by atoms with Crippen molar-refractivity contribution in [3.05, 3.63) is 88.6 Å². The Kier molecular flexibility index (Phi) is 11.4. The van der Waals surface area contributed by atoms with Gasteiger partial charge >= 0.3 is 0 Å². The van der Waals surface area contributed by atoms with Gasteiger partial charge in [0.1, 0.15) is 11.5 Å². The number of nitrogens with zero attached hydrogens (tertiary/aromatic N) is 5. The smallest absolute Gasteiger partial charge is 0.274 e. The second-order valence-corrected chi connectivity index (χ2v) is 18.1. The molecule has 3 aliphatic heterocycles. The summed E-state index contributed by atoms with van der Waals surface area (Å²) in [5.74, 6) is -1.90. The van der Waals surface area contributed by atoms with Crippen LogP contribution in [0.4, 0.5) is 10.1 Å². The lowest BCUT2D eigenvalue weighted by atomic mass is 9.65. The highest BCUT2D eigenvalue weighted by molar-refractivity contribution is 6.04. The molecule has 8 rings (SSSR count). The molecule has 0 bridgehead atoms. The lowest BCUT2D eigenvalue weighted by Crippen LogP contribution is -2.44. The number of likely N-dealkylation sites (tertiary alicyclic amines) is 2. The van der Waals surface area contributed by atoms with Gasteiger partial charge in [0.05, 0.1) is 23.1 Å². The van der Waals surface area contributed by atoms with E-state index in [0.717, 1.165) is 61.9 Å². The van der Waals surface area contributed by atoms with Gasteiger partial charge in [-0.3, -0.25) is 29.2 Å². The van der Waals surface area contributed by atoms with Gasteiger partial charge in [-0.05, 0) is 145 Å². The molecule has 1 aliphatic carbocycles. The summed E-state index contributed by atoms with van der Waals surface area (Å²) >= 11 is 0. The molecule has 3 N–H and O–H groups in total. The molecule has 2 aromatic heterocycles. The fraction of sp³-hybridized carbons (Fsp3) is 0.522. The van der Waals surface area contributed by atoms with E-state index >= 15 is 0 Å². The van der Waals surface area contributed by atoms with Gasteiger partial charge in [-0.1, -0.05) is 6.07 Å². The first kappa shape index (κ1) is 40.8. The predicted molar refractivity (Wildman–Crippen MR) is 222 cm³/mol. The summed E-state index contributed by atoms with van der Waals surface area (Å²) in [4.78, 5) is 59.5. The Hall–Kier alpha value is -5.01. The highest BCUT2D eigenvalue weighted by Gasteiger charge is 2.40. The molecule has 12 nitrogen and oxygen atoms in total. The maximum absolute atomic E-state index is 14.8. The molecule has 1 saturated carbocycles. The van der Waals surface area contributed by atoms with Crippen LogP contribution in [0.25, 0.3) is 10.9 Å². The molecule has 4 aromatic rings. The second kappa shape index (κ2) is 16.6. The van der Waals surface area contributed by atoms with E-state index in [1.54, 1.807) is 26.0 Å². The largest absolute Gasteiger partial charge is 0.386 e. The number of fused-ring (bicyclic) bond motifs is 1. The van der Waals surface area contributed by atoms with E-state index in [0.29, 0.717) is 41.5 Å². The number of hydrogen-bond acceptors (Lipinski definition) is 8. The summed E-state index contributed by atoms with van der Waals surface area (Å²) in [5.41, 5.74) is 2.68. The number of rotatable bonds is 9.